The average Bonchev–Trinajstić information content (AvgIpc) is 2.84. The van der Waals surface area contributed by atoms with Crippen LogP contribution in [-0.2, 0) is 6.18 Å². The molecule has 0 saturated heterocycles. The van der Waals surface area contributed by atoms with Gasteiger partial charge in [0.15, 0.2) is 5.75 Å². The Labute approximate surface area is 131 Å². The lowest BCUT2D eigenvalue weighted by molar-refractivity contribution is -0.137. The van der Waals surface area contributed by atoms with Crippen LogP contribution in [0.4, 0.5) is 18.0 Å². The topological polar surface area (TPSA) is 56.1 Å². The monoisotopic (exact) mass is 327 g/mol. The molecule has 2 aromatic rings. The molecule has 0 aliphatic carbocycles. The van der Waals surface area contributed by atoms with E-state index in [1.807, 2.05) is 0 Å². The standard InChI is InChI=1S/C15H16F3N3O2/c1-14(2,3)20-13(22)23-11-5-7-21(9-11)12-8-10(4-6-19-12)15(16,17)18/h4-9H,1-3H3,(H,20,22). The summed E-state index contributed by atoms with van der Waals surface area (Å²) in [5, 5.41) is 2.61. The van der Waals surface area contributed by atoms with Crippen molar-refractivity contribution in [3.8, 4) is 11.6 Å². The molecule has 0 bridgehead atoms. The van der Waals surface area contributed by atoms with Crippen LogP contribution in [0, 0.1) is 0 Å². The first kappa shape index (κ1) is 16.9. The molecule has 0 saturated carbocycles. The van der Waals surface area contributed by atoms with Gasteiger partial charge in [0, 0.05) is 17.9 Å². The van der Waals surface area contributed by atoms with Crippen LogP contribution in [0.25, 0.3) is 5.82 Å². The zero-order chi connectivity index (χ0) is 17.3. The Kier molecular flexibility index (Phi) is 4.35. The minimum Gasteiger partial charge on any atom is -0.409 e. The van der Waals surface area contributed by atoms with Crippen LogP contribution >= 0.6 is 0 Å². The Hall–Kier alpha value is -2.51. The van der Waals surface area contributed by atoms with Crippen LogP contribution in [0.2, 0.25) is 0 Å². The Morgan fingerprint density at radius 3 is 2.57 bits per heavy atom. The maximum absolute atomic E-state index is 12.7. The van der Waals surface area contributed by atoms with E-state index in [0.717, 1.165) is 18.3 Å². The number of hydrogen-bond acceptors (Lipinski definition) is 3. The van der Waals surface area contributed by atoms with Gasteiger partial charge in [-0.1, -0.05) is 0 Å². The molecule has 0 radical (unpaired) electrons. The lowest BCUT2D eigenvalue weighted by atomic mass is 10.1. The molecule has 1 N–H and O–H groups in total. The van der Waals surface area contributed by atoms with Crippen molar-refractivity contribution in [1.82, 2.24) is 14.9 Å². The molecule has 0 aliphatic rings. The third-order valence-electron chi connectivity index (χ3n) is 2.69. The summed E-state index contributed by atoms with van der Waals surface area (Å²) < 4.78 is 44.5. The molecule has 0 fully saturated rings. The third kappa shape index (κ3) is 4.73. The van der Waals surface area contributed by atoms with E-state index < -0.39 is 23.4 Å². The molecule has 0 atom stereocenters. The van der Waals surface area contributed by atoms with Crippen molar-refractivity contribution in [2.24, 2.45) is 0 Å². The molecular formula is C15H16F3N3O2. The first-order chi connectivity index (χ1) is 10.5. The van der Waals surface area contributed by atoms with Crippen molar-refractivity contribution in [1.29, 1.82) is 0 Å². The van der Waals surface area contributed by atoms with Gasteiger partial charge in [-0.2, -0.15) is 13.2 Å². The number of carbonyl (C=O) groups excluding carboxylic acids is 1. The van der Waals surface area contributed by atoms with E-state index in [2.05, 4.69) is 10.3 Å². The summed E-state index contributed by atoms with van der Waals surface area (Å²) in [5.74, 6) is 0.275. The Balaban J connectivity index is 2.15. The second-order valence-corrected chi connectivity index (χ2v) is 5.92. The summed E-state index contributed by atoms with van der Waals surface area (Å²) in [5.41, 5.74) is -1.26. The number of carbonyl (C=O) groups is 1. The fourth-order valence-electron chi connectivity index (χ4n) is 1.75. The molecule has 2 rings (SSSR count). The number of aromatic nitrogens is 2. The number of amides is 1. The molecule has 23 heavy (non-hydrogen) atoms. The van der Waals surface area contributed by atoms with Crippen LogP contribution in [0.3, 0.4) is 0 Å². The predicted molar refractivity (Wildman–Crippen MR) is 77.5 cm³/mol. The van der Waals surface area contributed by atoms with E-state index in [9.17, 15) is 18.0 Å². The zero-order valence-corrected chi connectivity index (χ0v) is 12.8. The number of pyridine rings is 1. The van der Waals surface area contributed by atoms with Crippen molar-refractivity contribution in [3.05, 3.63) is 42.4 Å². The normalized spacial score (nSPS) is 12.1. The van der Waals surface area contributed by atoms with E-state index >= 15 is 0 Å². The van der Waals surface area contributed by atoms with Crippen LogP contribution in [0.15, 0.2) is 36.8 Å². The van der Waals surface area contributed by atoms with E-state index in [-0.39, 0.29) is 11.6 Å². The lowest BCUT2D eigenvalue weighted by Gasteiger charge is -2.19. The maximum atomic E-state index is 12.7. The largest absolute Gasteiger partial charge is 0.416 e. The highest BCUT2D eigenvalue weighted by Crippen LogP contribution is 2.30. The highest BCUT2D eigenvalue weighted by Gasteiger charge is 2.30. The Morgan fingerprint density at radius 1 is 1.26 bits per heavy atom. The van der Waals surface area contributed by atoms with Gasteiger partial charge in [-0.25, -0.2) is 9.78 Å². The molecule has 5 nitrogen and oxygen atoms in total. The van der Waals surface area contributed by atoms with Gasteiger partial charge in [-0.15, -0.1) is 0 Å². The van der Waals surface area contributed by atoms with Gasteiger partial charge < -0.3 is 14.6 Å². The Bertz CT molecular complexity index is 702. The zero-order valence-electron chi connectivity index (χ0n) is 12.8. The summed E-state index contributed by atoms with van der Waals surface area (Å²) in [6, 6.07) is 3.27. The molecule has 0 unspecified atom stereocenters. The molecule has 0 aliphatic heterocycles. The SMILES string of the molecule is CC(C)(C)NC(=O)Oc1ccn(-c2cc(C(F)(F)F)ccn2)c1. The van der Waals surface area contributed by atoms with Gasteiger partial charge in [-0.3, -0.25) is 0 Å². The minimum absolute atomic E-state index is 0.0749. The van der Waals surface area contributed by atoms with E-state index in [1.54, 1.807) is 20.8 Å². The van der Waals surface area contributed by atoms with E-state index in [1.165, 1.54) is 23.0 Å². The Morgan fingerprint density at radius 2 is 1.96 bits per heavy atom. The minimum atomic E-state index is -4.45. The van der Waals surface area contributed by atoms with Crippen LogP contribution in [0.1, 0.15) is 26.3 Å². The number of nitrogens with one attached hydrogen (secondary N) is 1. The predicted octanol–water partition coefficient (Wildman–Crippen LogP) is 3.78. The molecule has 1 amide bonds. The van der Waals surface area contributed by atoms with E-state index in [4.69, 9.17) is 4.74 Å². The molecule has 0 aromatic carbocycles. The first-order valence-electron chi connectivity index (χ1n) is 6.76. The third-order valence-corrected chi connectivity index (χ3v) is 2.69. The quantitative estimate of drug-likeness (QED) is 0.913. The average molecular weight is 327 g/mol. The molecule has 2 aromatic heterocycles. The molecule has 0 spiro atoms. The number of halogens is 3. The smallest absolute Gasteiger partial charge is 0.409 e. The highest BCUT2D eigenvalue weighted by molar-refractivity contribution is 5.71. The van der Waals surface area contributed by atoms with Crippen molar-refractivity contribution in [2.75, 3.05) is 0 Å². The van der Waals surface area contributed by atoms with Crippen molar-refractivity contribution in [2.45, 2.75) is 32.5 Å². The van der Waals surface area contributed by atoms with Crippen molar-refractivity contribution in [3.63, 3.8) is 0 Å². The number of alkyl halides is 3. The van der Waals surface area contributed by atoms with Gasteiger partial charge in [0.2, 0.25) is 0 Å². The van der Waals surface area contributed by atoms with Crippen molar-refractivity contribution >= 4 is 6.09 Å². The fourth-order valence-corrected chi connectivity index (χ4v) is 1.75. The summed E-state index contributed by atoms with van der Waals surface area (Å²) in [7, 11) is 0. The number of hydrogen-bond donors (Lipinski definition) is 1. The molecule has 2 heterocycles. The van der Waals surface area contributed by atoms with Crippen LogP contribution < -0.4 is 10.1 Å². The van der Waals surface area contributed by atoms with Crippen LogP contribution in [-0.4, -0.2) is 21.2 Å². The van der Waals surface area contributed by atoms with Gasteiger partial charge in [0.1, 0.15) is 5.82 Å². The highest BCUT2D eigenvalue weighted by atomic mass is 19.4. The maximum Gasteiger partial charge on any atom is 0.416 e. The second-order valence-electron chi connectivity index (χ2n) is 5.92. The summed E-state index contributed by atoms with van der Waals surface area (Å²) in [4.78, 5) is 15.5. The summed E-state index contributed by atoms with van der Waals surface area (Å²) in [6.07, 6.45) is -1.18. The van der Waals surface area contributed by atoms with Gasteiger partial charge in [0.25, 0.3) is 0 Å². The first-order valence-corrected chi connectivity index (χ1v) is 6.76. The summed E-state index contributed by atoms with van der Waals surface area (Å²) >= 11 is 0. The molecular weight excluding hydrogens is 311 g/mol. The summed E-state index contributed by atoms with van der Waals surface area (Å²) in [6.45, 7) is 5.39. The second kappa shape index (κ2) is 5.94. The van der Waals surface area contributed by atoms with E-state index in [0.29, 0.717) is 0 Å². The number of ether oxygens (including phenoxy) is 1. The number of rotatable bonds is 2. The number of nitrogens with zero attached hydrogens (tertiary/aromatic N) is 2. The van der Waals surface area contributed by atoms with Crippen molar-refractivity contribution < 1.29 is 22.7 Å². The molecule has 124 valence electrons. The van der Waals surface area contributed by atoms with Crippen LogP contribution in [0.5, 0.6) is 5.75 Å². The van der Waals surface area contributed by atoms with Gasteiger partial charge >= 0.3 is 12.3 Å². The fraction of sp³-hybridized carbons (Fsp3) is 0.333. The van der Waals surface area contributed by atoms with Gasteiger partial charge in [0.05, 0.1) is 11.8 Å². The lowest BCUT2D eigenvalue weighted by Crippen LogP contribution is -2.42. The van der Waals surface area contributed by atoms with Gasteiger partial charge in [-0.05, 0) is 39.0 Å². The molecule has 8 heteroatoms.